The molecule has 1 aromatic carbocycles. The molecular weight excluding hydrogens is 200 g/mol. The molecule has 1 aromatic rings. The van der Waals surface area contributed by atoms with E-state index in [0.717, 1.165) is 38.0 Å². The van der Waals surface area contributed by atoms with E-state index in [2.05, 4.69) is 5.92 Å². The topological polar surface area (TPSA) is 29.5 Å². The Morgan fingerprint density at radius 1 is 1.06 bits per heavy atom. The second kappa shape index (κ2) is 7.64. The van der Waals surface area contributed by atoms with E-state index in [1.54, 1.807) is 24.3 Å². The summed E-state index contributed by atoms with van der Waals surface area (Å²) in [7, 11) is 0. The van der Waals surface area contributed by atoms with Crippen molar-refractivity contribution in [1.29, 1.82) is 0 Å². The van der Waals surface area contributed by atoms with E-state index in [1.165, 1.54) is 6.42 Å². The van der Waals surface area contributed by atoms with E-state index in [4.69, 9.17) is 16.3 Å². The molecule has 0 aliphatic heterocycles. The Balaban J connectivity index is 2.03. The lowest BCUT2D eigenvalue weighted by atomic mass is 10.1. The van der Waals surface area contributed by atoms with Gasteiger partial charge in [0.15, 0.2) is 0 Å². The van der Waals surface area contributed by atoms with E-state index in [9.17, 15) is 0 Å². The number of rotatable bonds is 7. The molecule has 0 saturated carbocycles. The van der Waals surface area contributed by atoms with Gasteiger partial charge in [-0.1, -0.05) is 12.8 Å². The van der Waals surface area contributed by atoms with Crippen LogP contribution in [0.25, 0.3) is 0 Å². The summed E-state index contributed by atoms with van der Waals surface area (Å²) < 4.78 is 5.52. The number of unbranched alkanes of at least 4 members (excludes halogenated alkanes) is 4. The maximum absolute atomic E-state index is 9.08. The van der Waals surface area contributed by atoms with Crippen LogP contribution in [0.5, 0.6) is 11.5 Å². The van der Waals surface area contributed by atoms with Crippen molar-refractivity contribution < 1.29 is 9.84 Å². The molecule has 0 unspecified atom stereocenters. The van der Waals surface area contributed by atoms with E-state index in [-0.39, 0.29) is 5.75 Å². The number of aromatic hydroxyl groups is 1. The molecule has 2 heteroatoms. The maximum atomic E-state index is 9.08. The normalized spacial score (nSPS) is 9.69. The molecule has 1 rings (SSSR count). The van der Waals surface area contributed by atoms with Crippen LogP contribution in [0.2, 0.25) is 0 Å². The molecule has 16 heavy (non-hydrogen) atoms. The Morgan fingerprint density at radius 2 is 1.75 bits per heavy atom. The Hall–Kier alpha value is -1.62. The van der Waals surface area contributed by atoms with Crippen LogP contribution in [-0.2, 0) is 0 Å². The van der Waals surface area contributed by atoms with Gasteiger partial charge < -0.3 is 9.84 Å². The summed E-state index contributed by atoms with van der Waals surface area (Å²) >= 11 is 0. The first kappa shape index (κ1) is 12.4. The smallest absolute Gasteiger partial charge is 0.119 e. The van der Waals surface area contributed by atoms with Crippen LogP contribution in [0.15, 0.2) is 24.3 Å². The summed E-state index contributed by atoms with van der Waals surface area (Å²) in [6, 6.07) is 6.80. The minimum atomic E-state index is 0.265. The number of ether oxygens (including phenoxy) is 1. The van der Waals surface area contributed by atoms with Crippen molar-refractivity contribution >= 4 is 0 Å². The van der Waals surface area contributed by atoms with Crippen LogP contribution in [0, 0.1) is 12.3 Å². The first-order valence-electron chi connectivity index (χ1n) is 5.68. The van der Waals surface area contributed by atoms with Crippen LogP contribution < -0.4 is 4.74 Å². The van der Waals surface area contributed by atoms with Gasteiger partial charge in [0.2, 0.25) is 0 Å². The second-order valence-corrected chi connectivity index (χ2v) is 3.71. The van der Waals surface area contributed by atoms with Crippen molar-refractivity contribution in [2.24, 2.45) is 0 Å². The van der Waals surface area contributed by atoms with Gasteiger partial charge in [-0.25, -0.2) is 0 Å². The van der Waals surface area contributed by atoms with Crippen LogP contribution in [0.4, 0.5) is 0 Å². The fourth-order valence-corrected chi connectivity index (χ4v) is 1.42. The average molecular weight is 218 g/mol. The van der Waals surface area contributed by atoms with Gasteiger partial charge in [-0.2, -0.15) is 0 Å². The van der Waals surface area contributed by atoms with Gasteiger partial charge in [-0.15, -0.1) is 12.3 Å². The molecule has 2 nitrogen and oxygen atoms in total. The molecule has 0 aromatic heterocycles. The van der Waals surface area contributed by atoms with Gasteiger partial charge in [-0.05, 0) is 37.1 Å². The number of phenols is 1. The van der Waals surface area contributed by atoms with Gasteiger partial charge in [-0.3, -0.25) is 0 Å². The maximum Gasteiger partial charge on any atom is 0.119 e. The average Bonchev–Trinajstić information content (AvgIpc) is 2.30. The number of hydrogen-bond acceptors (Lipinski definition) is 2. The molecule has 0 aliphatic rings. The number of hydrogen-bond donors (Lipinski definition) is 1. The second-order valence-electron chi connectivity index (χ2n) is 3.71. The SMILES string of the molecule is C#CCCCCCCOc1ccc(O)cc1. The quantitative estimate of drug-likeness (QED) is 0.561. The Morgan fingerprint density at radius 3 is 2.44 bits per heavy atom. The fraction of sp³-hybridized carbons (Fsp3) is 0.429. The van der Waals surface area contributed by atoms with E-state index < -0.39 is 0 Å². The zero-order valence-corrected chi connectivity index (χ0v) is 9.48. The number of phenolic OH excluding ortho intramolecular Hbond substituents is 1. The van der Waals surface area contributed by atoms with Crippen molar-refractivity contribution in [3.8, 4) is 23.8 Å². The van der Waals surface area contributed by atoms with Crippen LogP contribution in [-0.4, -0.2) is 11.7 Å². The fourth-order valence-electron chi connectivity index (χ4n) is 1.42. The highest BCUT2D eigenvalue weighted by Crippen LogP contribution is 2.16. The summed E-state index contributed by atoms with van der Waals surface area (Å²) in [5, 5.41) is 9.08. The molecule has 0 aliphatic carbocycles. The summed E-state index contributed by atoms with van der Waals surface area (Å²) in [5.41, 5.74) is 0. The predicted octanol–water partition coefficient (Wildman–Crippen LogP) is 3.35. The summed E-state index contributed by atoms with van der Waals surface area (Å²) in [4.78, 5) is 0. The van der Waals surface area contributed by atoms with Gasteiger partial charge in [0.25, 0.3) is 0 Å². The molecule has 86 valence electrons. The molecule has 0 atom stereocenters. The molecule has 0 spiro atoms. The molecule has 0 fully saturated rings. The van der Waals surface area contributed by atoms with Crippen molar-refractivity contribution in [3.63, 3.8) is 0 Å². The van der Waals surface area contributed by atoms with Crippen LogP contribution in [0.3, 0.4) is 0 Å². The first-order chi connectivity index (χ1) is 7.83. The highest BCUT2D eigenvalue weighted by Gasteiger charge is 1.94. The molecular formula is C14H18O2. The summed E-state index contributed by atoms with van der Waals surface area (Å²) in [6.45, 7) is 0.723. The van der Waals surface area contributed by atoms with Crippen LogP contribution >= 0.6 is 0 Å². The van der Waals surface area contributed by atoms with Crippen LogP contribution in [0.1, 0.15) is 32.1 Å². The Labute approximate surface area is 97.3 Å². The van der Waals surface area contributed by atoms with Crippen molar-refractivity contribution in [3.05, 3.63) is 24.3 Å². The van der Waals surface area contributed by atoms with Gasteiger partial charge in [0, 0.05) is 6.42 Å². The molecule has 1 N–H and O–H groups in total. The van der Waals surface area contributed by atoms with Gasteiger partial charge in [0.05, 0.1) is 6.61 Å². The third-order valence-electron chi connectivity index (χ3n) is 2.32. The van der Waals surface area contributed by atoms with Crippen molar-refractivity contribution in [2.45, 2.75) is 32.1 Å². The summed E-state index contributed by atoms with van der Waals surface area (Å²) in [5.74, 6) is 3.71. The molecule has 0 radical (unpaired) electrons. The number of terminal acetylenes is 1. The lowest BCUT2D eigenvalue weighted by Gasteiger charge is -2.05. The molecule has 0 bridgehead atoms. The van der Waals surface area contributed by atoms with Gasteiger partial charge >= 0.3 is 0 Å². The first-order valence-corrected chi connectivity index (χ1v) is 5.68. The van der Waals surface area contributed by atoms with Crippen molar-refractivity contribution in [2.75, 3.05) is 6.61 Å². The lowest BCUT2D eigenvalue weighted by Crippen LogP contribution is -1.96. The monoisotopic (exact) mass is 218 g/mol. The summed E-state index contributed by atoms with van der Waals surface area (Å²) in [6.07, 6.45) is 10.5. The van der Waals surface area contributed by atoms with E-state index in [0.29, 0.717) is 0 Å². The third kappa shape index (κ3) is 5.31. The molecule has 0 saturated heterocycles. The van der Waals surface area contributed by atoms with Crippen molar-refractivity contribution in [1.82, 2.24) is 0 Å². The highest BCUT2D eigenvalue weighted by atomic mass is 16.5. The zero-order chi connectivity index (χ0) is 11.6. The highest BCUT2D eigenvalue weighted by molar-refractivity contribution is 5.29. The minimum Gasteiger partial charge on any atom is -0.508 e. The van der Waals surface area contributed by atoms with Gasteiger partial charge in [0.1, 0.15) is 11.5 Å². The van der Waals surface area contributed by atoms with E-state index >= 15 is 0 Å². The Bertz CT molecular complexity index is 322. The standard InChI is InChI=1S/C14H18O2/c1-2-3-4-5-6-7-12-16-14-10-8-13(15)9-11-14/h1,8-11,15H,3-7,12H2. The van der Waals surface area contributed by atoms with E-state index in [1.807, 2.05) is 0 Å². The molecule has 0 amide bonds. The molecule has 0 heterocycles. The Kier molecular flexibility index (Phi) is 5.95. The lowest BCUT2D eigenvalue weighted by molar-refractivity contribution is 0.304. The number of benzene rings is 1. The third-order valence-corrected chi connectivity index (χ3v) is 2.32. The largest absolute Gasteiger partial charge is 0.508 e. The minimum absolute atomic E-state index is 0.265. The zero-order valence-electron chi connectivity index (χ0n) is 9.48. The predicted molar refractivity (Wildman–Crippen MR) is 65.5 cm³/mol.